The molecule has 0 aromatic carbocycles. The molecule has 0 saturated heterocycles. The minimum Gasteiger partial charge on any atom is -0.245 e. The third kappa shape index (κ3) is 45.2. The Balaban J connectivity index is -0.000000207. The fraction of sp³-hybridized carbons (Fsp3) is 0.857. The van der Waals surface area contributed by atoms with E-state index in [1.807, 2.05) is 6.92 Å². The van der Waals surface area contributed by atoms with E-state index in [2.05, 4.69) is 14.8 Å². The molecule has 7 heteroatoms. The van der Waals surface area contributed by atoms with Gasteiger partial charge in [0.2, 0.25) is 0 Å². The summed E-state index contributed by atoms with van der Waals surface area (Å²) in [5.74, 6) is 0. The number of halogens is 4. The second-order valence-corrected chi connectivity index (χ2v) is 3.84. The Morgan fingerprint density at radius 2 is 1.29 bits per heavy atom. The number of hydrogen-bond acceptors (Lipinski definition) is 3. The van der Waals surface area contributed by atoms with Crippen LogP contribution in [-0.4, -0.2) is 27.3 Å². The van der Waals surface area contributed by atoms with Gasteiger partial charge in [-0.25, -0.2) is 27.3 Å². The smallest absolute Gasteiger partial charge is 0.245 e. The first-order valence-corrected chi connectivity index (χ1v) is 6.93. The Bertz CT molecular complexity index is 164. The van der Waals surface area contributed by atoms with Crippen LogP contribution < -0.4 is 0 Å². The molecule has 1 aliphatic carbocycles. The van der Waals surface area contributed by atoms with Crippen molar-refractivity contribution in [1.82, 2.24) is 0 Å². The lowest BCUT2D eigenvalue weighted by Crippen LogP contribution is -1.88. The number of hydrogen-bond donors (Lipinski definition) is 0. The highest BCUT2D eigenvalue weighted by molar-refractivity contribution is 4.67. The summed E-state index contributed by atoms with van der Waals surface area (Å²) in [5.41, 5.74) is 0. The summed E-state index contributed by atoms with van der Waals surface area (Å²) >= 11 is 0. The molecular weight excluding hydrogens is 292 g/mol. The van der Waals surface area contributed by atoms with Crippen LogP contribution in [0.2, 0.25) is 0 Å². The van der Waals surface area contributed by atoms with E-state index in [1.165, 1.54) is 58.8 Å². The van der Waals surface area contributed by atoms with Gasteiger partial charge in [-0.1, -0.05) is 56.6 Å². The molecule has 0 aromatic heterocycles. The van der Waals surface area contributed by atoms with Gasteiger partial charge in [-0.3, -0.25) is 0 Å². The molecule has 0 aliphatic heterocycles. The standard InChI is InChI=1S/C6H12.C4H7F.C2H3F3.C2H6O3/c1-2-4-6-5-3-1;1-2-3-4-5;3-1-2(4)5;1-3-5-4-2/h1-6H2;3-4H,2H2,1H3;2H,1H2;1-2H3/b;4-3+;;. The van der Waals surface area contributed by atoms with Crippen molar-refractivity contribution < 1.29 is 32.4 Å². The molecule has 0 radical (unpaired) electrons. The normalized spacial score (nSPS) is 13.5. The number of rotatable bonds is 4. The van der Waals surface area contributed by atoms with Crippen LogP contribution in [0.5, 0.6) is 0 Å². The average molecular weight is 320 g/mol. The van der Waals surface area contributed by atoms with Gasteiger partial charge in [0.05, 0.1) is 20.5 Å². The highest BCUT2D eigenvalue weighted by Crippen LogP contribution is 2.15. The van der Waals surface area contributed by atoms with E-state index in [0.717, 1.165) is 6.42 Å². The first kappa shape index (κ1) is 25.3. The van der Waals surface area contributed by atoms with E-state index >= 15 is 0 Å². The van der Waals surface area contributed by atoms with Crippen molar-refractivity contribution in [2.45, 2.75) is 58.3 Å². The maximum Gasteiger partial charge on any atom is 0.266 e. The molecule has 0 amide bonds. The van der Waals surface area contributed by atoms with E-state index in [4.69, 9.17) is 0 Å². The van der Waals surface area contributed by atoms with Crippen LogP contribution in [0.15, 0.2) is 12.4 Å². The van der Waals surface area contributed by atoms with Crippen molar-refractivity contribution in [2.75, 3.05) is 20.9 Å². The van der Waals surface area contributed by atoms with Gasteiger partial charge in [0.15, 0.2) is 6.67 Å². The molecule has 0 N–H and O–H groups in total. The van der Waals surface area contributed by atoms with Crippen molar-refractivity contribution in [2.24, 2.45) is 0 Å². The lowest BCUT2D eigenvalue weighted by Gasteiger charge is -2.05. The molecule has 0 aromatic rings. The first-order chi connectivity index (χ1) is 10.1. The Morgan fingerprint density at radius 1 is 0.952 bits per heavy atom. The van der Waals surface area contributed by atoms with Gasteiger partial charge in [0.25, 0.3) is 6.43 Å². The Kier molecular flexibility index (Phi) is 33.3. The highest BCUT2D eigenvalue weighted by Gasteiger charge is 1.95. The van der Waals surface area contributed by atoms with Crippen LogP contribution in [-0.2, 0) is 14.8 Å². The lowest BCUT2D eigenvalue weighted by atomic mass is 10.0. The first-order valence-electron chi connectivity index (χ1n) is 6.93. The second kappa shape index (κ2) is 27.6. The molecule has 0 bridgehead atoms. The minimum atomic E-state index is -2.78. The third-order valence-corrected chi connectivity index (χ3v) is 2.08. The molecule has 1 fully saturated rings. The zero-order chi connectivity index (χ0) is 16.8. The quantitative estimate of drug-likeness (QED) is 0.385. The molecule has 0 unspecified atom stereocenters. The minimum absolute atomic E-state index is 0.556. The lowest BCUT2D eigenvalue weighted by molar-refractivity contribution is -0.491. The van der Waals surface area contributed by atoms with Gasteiger partial charge >= 0.3 is 0 Å². The summed E-state index contributed by atoms with van der Waals surface area (Å²) in [7, 11) is 2.73. The summed E-state index contributed by atoms with van der Waals surface area (Å²) in [6.07, 6.45) is 9.02. The summed E-state index contributed by atoms with van der Waals surface area (Å²) < 4.78 is 42.0. The van der Waals surface area contributed by atoms with Crippen molar-refractivity contribution in [3.05, 3.63) is 12.4 Å². The van der Waals surface area contributed by atoms with Gasteiger partial charge in [-0.15, -0.1) is 0 Å². The predicted octanol–water partition coefficient (Wildman–Crippen LogP) is 5.57. The molecule has 130 valence electrons. The van der Waals surface area contributed by atoms with Gasteiger partial charge in [-0.2, -0.15) is 0 Å². The summed E-state index contributed by atoms with van der Waals surface area (Å²) in [6.45, 7) is 0.357. The van der Waals surface area contributed by atoms with Crippen LogP contribution >= 0.6 is 0 Å². The van der Waals surface area contributed by atoms with Crippen LogP contribution in [0, 0.1) is 0 Å². The molecule has 1 rings (SSSR count). The van der Waals surface area contributed by atoms with Crippen LogP contribution in [0.25, 0.3) is 0 Å². The second-order valence-electron chi connectivity index (χ2n) is 3.84. The number of alkyl halides is 3. The predicted molar refractivity (Wildman–Crippen MR) is 75.3 cm³/mol. The summed E-state index contributed by atoms with van der Waals surface area (Å²) in [4.78, 5) is 7.94. The van der Waals surface area contributed by atoms with Gasteiger partial charge < -0.3 is 0 Å². The topological polar surface area (TPSA) is 27.7 Å². The maximum atomic E-state index is 10.8. The zero-order valence-electron chi connectivity index (χ0n) is 13.1. The Morgan fingerprint density at radius 3 is 1.33 bits per heavy atom. The van der Waals surface area contributed by atoms with Gasteiger partial charge in [0, 0.05) is 0 Å². The van der Waals surface area contributed by atoms with E-state index in [-0.39, 0.29) is 0 Å². The van der Waals surface area contributed by atoms with E-state index in [9.17, 15) is 17.6 Å². The third-order valence-electron chi connectivity index (χ3n) is 2.08. The van der Waals surface area contributed by atoms with Crippen molar-refractivity contribution >= 4 is 0 Å². The monoisotopic (exact) mass is 320 g/mol. The molecule has 0 spiro atoms. The van der Waals surface area contributed by atoms with Gasteiger partial charge in [-0.05, 0) is 6.42 Å². The van der Waals surface area contributed by atoms with Gasteiger partial charge in [0.1, 0.15) is 0 Å². The van der Waals surface area contributed by atoms with Crippen LogP contribution in [0.3, 0.4) is 0 Å². The fourth-order valence-electron chi connectivity index (χ4n) is 1.22. The van der Waals surface area contributed by atoms with E-state index in [0.29, 0.717) is 6.33 Å². The Hall–Kier alpha value is -0.660. The summed E-state index contributed by atoms with van der Waals surface area (Å²) in [6, 6.07) is 0. The van der Waals surface area contributed by atoms with Crippen LogP contribution in [0.1, 0.15) is 51.9 Å². The molecule has 0 atom stereocenters. The Labute approximate surface area is 125 Å². The van der Waals surface area contributed by atoms with E-state index < -0.39 is 13.1 Å². The van der Waals surface area contributed by atoms with Crippen molar-refractivity contribution in [1.29, 1.82) is 0 Å². The van der Waals surface area contributed by atoms with E-state index in [1.54, 1.807) is 0 Å². The van der Waals surface area contributed by atoms with Crippen molar-refractivity contribution in [3.63, 3.8) is 0 Å². The molecule has 0 heterocycles. The largest absolute Gasteiger partial charge is 0.266 e. The zero-order valence-corrected chi connectivity index (χ0v) is 13.1. The molecule has 3 nitrogen and oxygen atoms in total. The highest BCUT2D eigenvalue weighted by atomic mass is 19.3. The molecule has 1 saturated carbocycles. The fourth-order valence-corrected chi connectivity index (χ4v) is 1.22. The summed E-state index contributed by atoms with van der Waals surface area (Å²) in [5, 5.41) is 3.83. The molecular formula is C14H28F4O3. The average Bonchev–Trinajstić information content (AvgIpc) is 2.52. The molecule has 1 aliphatic rings. The SMILES string of the molecule is C1CCCCC1.CC/C=C/F.COOOC.FCC(F)F. The van der Waals surface area contributed by atoms with Crippen molar-refractivity contribution in [3.8, 4) is 0 Å². The van der Waals surface area contributed by atoms with Crippen LogP contribution in [0.4, 0.5) is 17.6 Å². The maximum absolute atomic E-state index is 10.8. The molecule has 21 heavy (non-hydrogen) atoms. The number of allylic oxidation sites excluding steroid dienone is 1.